The van der Waals surface area contributed by atoms with Crippen molar-refractivity contribution in [2.45, 2.75) is 6.54 Å². The van der Waals surface area contributed by atoms with Crippen LogP contribution in [0, 0.1) is 0 Å². The summed E-state index contributed by atoms with van der Waals surface area (Å²) in [7, 11) is 0. The van der Waals surface area contributed by atoms with Crippen molar-refractivity contribution in [1.29, 1.82) is 0 Å². The van der Waals surface area contributed by atoms with Crippen LogP contribution in [0.4, 0.5) is 0 Å². The normalized spacial score (nSPS) is 10.6. The first-order valence-corrected chi connectivity index (χ1v) is 9.28. The number of aromatic nitrogens is 3. The van der Waals surface area contributed by atoms with Gasteiger partial charge in [-0.15, -0.1) is 10.2 Å². The third-order valence-corrected chi connectivity index (χ3v) is 4.28. The molecule has 2 heterocycles. The maximum atomic E-state index is 12.7. The Morgan fingerprint density at radius 3 is 2.52 bits per heavy atom. The van der Waals surface area contributed by atoms with Crippen molar-refractivity contribution < 1.29 is 14.3 Å². The summed E-state index contributed by atoms with van der Waals surface area (Å²) in [5.41, 5.74) is 1.19. The van der Waals surface area contributed by atoms with E-state index in [4.69, 9.17) is 9.47 Å². The molecule has 1 N–H and O–H groups in total. The zero-order valence-corrected chi connectivity index (χ0v) is 15.7. The molecule has 4 aromatic rings. The number of benzene rings is 2. The van der Waals surface area contributed by atoms with Crippen LogP contribution >= 0.6 is 0 Å². The second kappa shape index (κ2) is 8.88. The van der Waals surface area contributed by atoms with Crippen molar-refractivity contribution in [2.24, 2.45) is 0 Å². The van der Waals surface area contributed by atoms with Crippen molar-refractivity contribution in [3.8, 4) is 11.5 Å². The monoisotopic (exact) mass is 388 g/mol. The van der Waals surface area contributed by atoms with E-state index in [0.29, 0.717) is 30.4 Å². The number of hydrogen-bond donors (Lipinski definition) is 1. The molecule has 7 nitrogen and oxygen atoms in total. The molecule has 0 spiro atoms. The van der Waals surface area contributed by atoms with Crippen LogP contribution in [0.25, 0.3) is 5.65 Å². The lowest BCUT2D eigenvalue weighted by molar-refractivity contribution is 0.0944. The fraction of sp³-hybridized carbons (Fsp3) is 0.136. The Labute approximate surface area is 167 Å². The number of carbonyl (C=O) groups excluding carboxylic acids is 1. The summed E-state index contributed by atoms with van der Waals surface area (Å²) in [6, 6.07) is 22.3. The summed E-state index contributed by atoms with van der Waals surface area (Å²) in [5.74, 6) is 1.70. The minimum atomic E-state index is -0.239. The molecule has 2 aromatic carbocycles. The molecular weight excluding hydrogens is 368 g/mol. The van der Waals surface area contributed by atoms with Gasteiger partial charge in [0.1, 0.15) is 24.7 Å². The Morgan fingerprint density at radius 2 is 1.62 bits per heavy atom. The van der Waals surface area contributed by atoms with Gasteiger partial charge in [-0.1, -0.05) is 36.4 Å². The van der Waals surface area contributed by atoms with Crippen LogP contribution in [0.15, 0.2) is 79.0 Å². The molecule has 7 heteroatoms. The third kappa shape index (κ3) is 4.52. The van der Waals surface area contributed by atoms with Gasteiger partial charge in [-0.25, -0.2) is 0 Å². The highest BCUT2D eigenvalue weighted by Gasteiger charge is 2.13. The Morgan fingerprint density at radius 1 is 0.862 bits per heavy atom. The molecule has 0 fully saturated rings. The molecule has 0 radical (unpaired) electrons. The summed E-state index contributed by atoms with van der Waals surface area (Å²) in [6.45, 7) is 0.967. The Hall–Kier alpha value is -3.87. The van der Waals surface area contributed by atoms with Crippen molar-refractivity contribution in [2.75, 3.05) is 13.2 Å². The molecule has 0 aliphatic rings. The summed E-state index contributed by atoms with van der Waals surface area (Å²) in [5, 5.41) is 11.1. The second-order valence-corrected chi connectivity index (χ2v) is 6.23. The van der Waals surface area contributed by atoms with Gasteiger partial charge in [-0.05, 0) is 36.4 Å². The number of fused-ring (bicyclic) bond motifs is 1. The maximum absolute atomic E-state index is 12.7. The van der Waals surface area contributed by atoms with E-state index >= 15 is 0 Å². The Bertz CT molecular complexity index is 1100. The van der Waals surface area contributed by atoms with E-state index in [0.717, 1.165) is 11.4 Å². The molecule has 0 bridgehead atoms. The first kappa shape index (κ1) is 18.5. The molecule has 0 unspecified atom stereocenters. The number of nitrogens with one attached hydrogen (secondary N) is 1. The number of nitrogens with zero attached hydrogens (tertiary/aromatic N) is 3. The van der Waals surface area contributed by atoms with Crippen LogP contribution in [0.2, 0.25) is 0 Å². The lowest BCUT2D eigenvalue weighted by atomic mass is 10.2. The van der Waals surface area contributed by atoms with Gasteiger partial charge in [-0.2, -0.15) is 0 Å². The quantitative estimate of drug-likeness (QED) is 0.469. The summed E-state index contributed by atoms with van der Waals surface area (Å²) < 4.78 is 13.2. The van der Waals surface area contributed by atoms with Gasteiger partial charge in [0.2, 0.25) is 0 Å². The van der Waals surface area contributed by atoms with Crippen LogP contribution in [0.3, 0.4) is 0 Å². The van der Waals surface area contributed by atoms with Gasteiger partial charge < -0.3 is 14.8 Å². The van der Waals surface area contributed by atoms with Crippen LogP contribution in [0.1, 0.15) is 16.2 Å². The van der Waals surface area contributed by atoms with E-state index < -0.39 is 0 Å². The number of hydrogen-bond acceptors (Lipinski definition) is 5. The lowest BCUT2D eigenvalue weighted by Gasteiger charge is -2.12. The molecule has 1 amide bonds. The summed E-state index contributed by atoms with van der Waals surface area (Å²) in [4.78, 5) is 12.7. The number of pyridine rings is 1. The number of carbonyl (C=O) groups is 1. The van der Waals surface area contributed by atoms with E-state index in [1.807, 2.05) is 65.2 Å². The molecular formula is C22H20N4O3. The number of amides is 1. The van der Waals surface area contributed by atoms with E-state index in [2.05, 4.69) is 15.5 Å². The molecule has 0 aliphatic carbocycles. The van der Waals surface area contributed by atoms with Crippen LogP contribution in [0.5, 0.6) is 11.5 Å². The van der Waals surface area contributed by atoms with Crippen molar-refractivity contribution in [1.82, 2.24) is 19.9 Å². The van der Waals surface area contributed by atoms with Crippen LogP contribution in [-0.4, -0.2) is 33.7 Å². The topological polar surface area (TPSA) is 77.8 Å². The molecule has 29 heavy (non-hydrogen) atoms. The fourth-order valence-electron chi connectivity index (χ4n) is 2.87. The largest absolute Gasteiger partial charge is 0.490 e. The summed E-state index contributed by atoms with van der Waals surface area (Å²) in [6.07, 6.45) is 1.86. The van der Waals surface area contributed by atoms with Gasteiger partial charge >= 0.3 is 0 Å². The van der Waals surface area contributed by atoms with E-state index in [1.165, 1.54) is 0 Å². The zero-order valence-electron chi connectivity index (χ0n) is 15.7. The molecule has 146 valence electrons. The molecule has 0 aliphatic heterocycles. The number of para-hydroxylation sites is 2. The average Bonchev–Trinajstić information content (AvgIpc) is 3.19. The Balaban J connectivity index is 1.35. The second-order valence-electron chi connectivity index (χ2n) is 6.23. The van der Waals surface area contributed by atoms with Crippen LogP contribution in [-0.2, 0) is 6.54 Å². The van der Waals surface area contributed by atoms with E-state index in [1.54, 1.807) is 18.2 Å². The van der Waals surface area contributed by atoms with Crippen LogP contribution < -0.4 is 14.8 Å². The number of rotatable bonds is 8. The van der Waals surface area contributed by atoms with Gasteiger partial charge in [0.25, 0.3) is 5.91 Å². The smallest absolute Gasteiger partial charge is 0.255 e. The molecule has 0 saturated carbocycles. The van der Waals surface area contributed by atoms with Gasteiger partial charge in [0, 0.05) is 6.20 Å². The molecule has 0 saturated heterocycles. The van der Waals surface area contributed by atoms with Crippen molar-refractivity contribution in [3.05, 3.63) is 90.4 Å². The molecule has 0 atom stereocenters. The maximum Gasteiger partial charge on any atom is 0.255 e. The highest BCUT2D eigenvalue weighted by molar-refractivity contribution is 5.96. The minimum absolute atomic E-state index is 0.239. The predicted octanol–water partition coefficient (Wildman–Crippen LogP) is 3.12. The molecule has 4 rings (SSSR count). The van der Waals surface area contributed by atoms with Crippen molar-refractivity contribution in [3.63, 3.8) is 0 Å². The van der Waals surface area contributed by atoms with E-state index in [-0.39, 0.29) is 12.5 Å². The van der Waals surface area contributed by atoms with Gasteiger partial charge in [0.15, 0.2) is 11.5 Å². The highest BCUT2D eigenvalue weighted by atomic mass is 16.5. The Kier molecular flexibility index (Phi) is 5.66. The van der Waals surface area contributed by atoms with Crippen molar-refractivity contribution >= 4 is 11.6 Å². The SMILES string of the molecule is O=C(NCc1nnc2ccccn12)c1ccccc1OCCOc1ccccc1. The standard InChI is InChI=1S/C22H20N4O3/c27-22(23-16-21-25-24-20-12-6-7-13-26(20)21)18-10-4-5-11-19(18)29-15-14-28-17-8-2-1-3-9-17/h1-13H,14-16H2,(H,23,27). The lowest BCUT2D eigenvalue weighted by Crippen LogP contribution is -2.25. The first-order chi connectivity index (χ1) is 14.3. The molecule has 2 aromatic heterocycles. The number of ether oxygens (including phenoxy) is 2. The fourth-order valence-corrected chi connectivity index (χ4v) is 2.87. The third-order valence-electron chi connectivity index (χ3n) is 4.28. The predicted molar refractivity (Wildman–Crippen MR) is 108 cm³/mol. The first-order valence-electron chi connectivity index (χ1n) is 9.28. The van der Waals surface area contributed by atoms with Gasteiger partial charge in [0.05, 0.1) is 12.1 Å². The van der Waals surface area contributed by atoms with Gasteiger partial charge in [-0.3, -0.25) is 9.20 Å². The average molecular weight is 388 g/mol. The van der Waals surface area contributed by atoms with E-state index in [9.17, 15) is 4.79 Å². The highest BCUT2D eigenvalue weighted by Crippen LogP contribution is 2.18. The summed E-state index contributed by atoms with van der Waals surface area (Å²) >= 11 is 0. The minimum Gasteiger partial charge on any atom is -0.490 e. The zero-order chi connectivity index (χ0) is 19.9.